The van der Waals surface area contributed by atoms with E-state index in [2.05, 4.69) is 56.1 Å². The van der Waals surface area contributed by atoms with Gasteiger partial charge in [-0.15, -0.1) is 0 Å². The Hall–Kier alpha value is -1.66. The highest BCUT2D eigenvalue weighted by Gasteiger charge is 2.45. The molecule has 160 valence electrons. The number of carbonyl (C=O) groups is 2. The molecule has 0 N–H and O–H groups in total. The zero-order valence-corrected chi connectivity index (χ0v) is 20.3. The third-order valence-corrected chi connectivity index (χ3v) is 6.30. The highest BCUT2D eigenvalue weighted by atomic mass is 79.9. The molecule has 2 saturated carbocycles. The summed E-state index contributed by atoms with van der Waals surface area (Å²) in [5.74, 6) is 0.784. The van der Waals surface area contributed by atoms with Crippen LogP contribution in [0.3, 0.4) is 0 Å². The molecule has 0 spiro atoms. The predicted molar refractivity (Wildman–Crippen MR) is 123 cm³/mol. The van der Waals surface area contributed by atoms with Gasteiger partial charge in [0.05, 0.1) is 25.0 Å². The van der Waals surface area contributed by atoms with Gasteiger partial charge in [-0.1, -0.05) is 56.1 Å². The molecular weight excluding hydrogens is 512 g/mol. The third-order valence-electron chi connectivity index (χ3n) is 5.31. The van der Waals surface area contributed by atoms with Crippen molar-refractivity contribution in [1.82, 2.24) is 0 Å². The van der Waals surface area contributed by atoms with Gasteiger partial charge in [0.2, 0.25) is 0 Å². The molecule has 6 heteroatoms. The van der Waals surface area contributed by atoms with Crippen LogP contribution >= 0.6 is 31.9 Å². The van der Waals surface area contributed by atoms with Crippen molar-refractivity contribution in [2.24, 2.45) is 11.8 Å². The standard InChI is InChI=1S/2C12H13BrO2/c2*1-2-15-12(14)11-7-10(11)8-4-3-5-9(13)6-8/h2*3-6,10-11H,2,7H2,1H3/t2*10-,11+/m10/s1. The number of halogens is 2. The molecule has 2 aromatic carbocycles. The number of hydrogen-bond acceptors (Lipinski definition) is 4. The van der Waals surface area contributed by atoms with Gasteiger partial charge in [-0.25, -0.2) is 0 Å². The lowest BCUT2D eigenvalue weighted by molar-refractivity contribution is -0.145. The van der Waals surface area contributed by atoms with Crippen LogP contribution in [-0.4, -0.2) is 25.2 Å². The minimum absolute atomic E-state index is 0.0533. The summed E-state index contributed by atoms with van der Waals surface area (Å²) >= 11 is 6.86. The molecule has 0 aliphatic heterocycles. The summed E-state index contributed by atoms with van der Waals surface area (Å²) in [4.78, 5) is 22.9. The van der Waals surface area contributed by atoms with Crippen molar-refractivity contribution in [2.45, 2.75) is 38.5 Å². The number of hydrogen-bond donors (Lipinski definition) is 0. The maximum atomic E-state index is 11.4. The maximum absolute atomic E-state index is 11.4. The molecule has 0 saturated heterocycles. The lowest BCUT2D eigenvalue weighted by Crippen LogP contribution is -2.07. The number of esters is 2. The SMILES string of the molecule is CCOC(=O)[C@@H]1C[C@H]1c1cccc(Br)c1.CCOC(=O)[C@H]1C[C@@H]1c1cccc(Br)c1. The first-order valence-electron chi connectivity index (χ1n) is 10.3. The monoisotopic (exact) mass is 536 g/mol. The van der Waals surface area contributed by atoms with Crippen LogP contribution in [0.15, 0.2) is 57.5 Å². The van der Waals surface area contributed by atoms with Crippen LogP contribution in [0.1, 0.15) is 49.7 Å². The quantitative estimate of drug-likeness (QED) is 0.410. The van der Waals surface area contributed by atoms with Crippen LogP contribution in [0.25, 0.3) is 0 Å². The summed E-state index contributed by atoms with van der Waals surface area (Å²) in [6.45, 7) is 4.63. The zero-order valence-electron chi connectivity index (χ0n) is 17.1. The number of ether oxygens (including phenoxy) is 2. The van der Waals surface area contributed by atoms with E-state index in [0.29, 0.717) is 25.0 Å². The van der Waals surface area contributed by atoms with Gasteiger partial charge in [-0.2, -0.15) is 0 Å². The Morgan fingerprint density at radius 2 is 1.20 bits per heavy atom. The summed E-state index contributed by atoms with van der Waals surface area (Å²) < 4.78 is 12.1. The van der Waals surface area contributed by atoms with E-state index in [9.17, 15) is 9.59 Å². The lowest BCUT2D eigenvalue weighted by atomic mass is 10.1. The van der Waals surface area contributed by atoms with E-state index < -0.39 is 0 Å². The predicted octanol–water partition coefficient (Wildman–Crippen LogP) is 6.23. The zero-order chi connectivity index (χ0) is 21.7. The van der Waals surface area contributed by atoms with Gasteiger partial charge >= 0.3 is 11.9 Å². The Morgan fingerprint density at radius 3 is 1.53 bits per heavy atom. The normalized spacial score (nSPS) is 23.6. The first kappa shape index (κ1) is 23.0. The molecule has 2 aliphatic carbocycles. The van der Waals surface area contributed by atoms with Gasteiger partial charge in [-0.3, -0.25) is 9.59 Å². The Morgan fingerprint density at radius 1 is 0.800 bits per heavy atom. The first-order valence-corrected chi connectivity index (χ1v) is 11.9. The summed E-state index contributed by atoms with van der Waals surface area (Å²) in [5.41, 5.74) is 2.45. The van der Waals surface area contributed by atoms with E-state index >= 15 is 0 Å². The maximum Gasteiger partial charge on any atom is 0.309 e. The third kappa shape index (κ3) is 6.17. The van der Waals surface area contributed by atoms with Crippen LogP contribution in [-0.2, 0) is 19.1 Å². The minimum atomic E-state index is -0.0533. The average Bonchev–Trinajstić information content (AvgIpc) is 3.62. The van der Waals surface area contributed by atoms with Gasteiger partial charge < -0.3 is 9.47 Å². The number of rotatable bonds is 6. The van der Waals surface area contributed by atoms with Gasteiger partial charge in [0.15, 0.2) is 0 Å². The molecule has 0 amide bonds. The van der Waals surface area contributed by atoms with Crippen molar-refractivity contribution in [3.05, 3.63) is 68.6 Å². The minimum Gasteiger partial charge on any atom is -0.466 e. The molecule has 30 heavy (non-hydrogen) atoms. The van der Waals surface area contributed by atoms with Crippen LogP contribution in [0.2, 0.25) is 0 Å². The second-order valence-corrected chi connectivity index (χ2v) is 9.34. The van der Waals surface area contributed by atoms with E-state index in [1.165, 1.54) is 11.1 Å². The van der Waals surface area contributed by atoms with Crippen LogP contribution in [0.4, 0.5) is 0 Å². The Kier molecular flexibility index (Phi) is 8.12. The van der Waals surface area contributed by atoms with Gasteiger partial charge in [-0.05, 0) is 73.9 Å². The van der Waals surface area contributed by atoms with Crippen molar-refractivity contribution in [3.8, 4) is 0 Å². The molecule has 2 aliphatic rings. The highest BCUT2D eigenvalue weighted by Crippen LogP contribution is 2.49. The highest BCUT2D eigenvalue weighted by molar-refractivity contribution is 9.10. The van der Waals surface area contributed by atoms with Crippen molar-refractivity contribution in [1.29, 1.82) is 0 Å². The number of carbonyl (C=O) groups excluding carboxylic acids is 2. The summed E-state index contributed by atoms with van der Waals surface area (Å²) in [6.07, 6.45) is 1.85. The largest absolute Gasteiger partial charge is 0.466 e. The van der Waals surface area contributed by atoms with E-state index in [-0.39, 0.29) is 23.8 Å². The second kappa shape index (κ2) is 10.6. The molecule has 4 atom stereocenters. The molecule has 4 rings (SSSR count). The lowest BCUT2D eigenvalue weighted by Gasteiger charge is -2.01. The van der Waals surface area contributed by atoms with Crippen LogP contribution < -0.4 is 0 Å². The van der Waals surface area contributed by atoms with E-state index in [1.54, 1.807) is 0 Å². The molecule has 4 nitrogen and oxygen atoms in total. The Bertz CT molecular complexity index is 825. The fourth-order valence-electron chi connectivity index (χ4n) is 3.62. The molecule has 2 fully saturated rings. The van der Waals surface area contributed by atoms with E-state index in [0.717, 1.165) is 21.8 Å². The van der Waals surface area contributed by atoms with Crippen molar-refractivity contribution >= 4 is 43.8 Å². The fraction of sp³-hybridized carbons (Fsp3) is 0.417. The molecule has 0 bridgehead atoms. The molecule has 0 heterocycles. The van der Waals surface area contributed by atoms with Gasteiger partial charge in [0.1, 0.15) is 0 Å². The van der Waals surface area contributed by atoms with Crippen molar-refractivity contribution in [2.75, 3.05) is 13.2 Å². The first-order chi connectivity index (χ1) is 14.4. The van der Waals surface area contributed by atoms with Crippen molar-refractivity contribution < 1.29 is 19.1 Å². The Labute approximate surface area is 194 Å². The van der Waals surface area contributed by atoms with Crippen LogP contribution in [0, 0.1) is 11.8 Å². The molecular formula is C24H26Br2O4. The van der Waals surface area contributed by atoms with Crippen molar-refractivity contribution in [3.63, 3.8) is 0 Å². The topological polar surface area (TPSA) is 52.6 Å². The summed E-state index contributed by atoms with van der Waals surface area (Å²) in [5, 5.41) is 0. The average molecular weight is 538 g/mol. The van der Waals surface area contributed by atoms with Crippen LogP contribution in [0.5, 0.6) is 0 Å². The summed E-state index contributed by atoms with van der Waals surface area (Å²) in [7, 11) is 0. The van der Waals surface area contributed by atoms with Gasteiger partial charge in [0.25, 0.3) is 0 Å². The Balaban J connectivity index is 0.000000171. The molecule has 0 radical (unpaired) electrons. The summed E-state index contributed by atoms with van der Waals surface area (Å²) in [6, 6.07) is 16.3. The number of benzene rings is 2. The smallest absolute Gasteiger partial charge is 0.309 e. The second-order valence-electron chi connectivity index (χ2n) is 7.51. The van der Waals surface area contributed by atoms with E-state index in [4.69, 9.17) is 9.47 Å². The molecule has 0 aromatic heterocycles. The molecule has 0 unspecified atom stereocenters. The molecule has 2 aromatic rings. The van der Waals surface area contributed by atoms with E-state index in [1.807, 2.05) is 38.1 Å². The van der Waals surface area contributed by atoms with Gasteiger partial charge in [0, 0.05) is 8.95 Å². The fourth-order valence-corrected chi connectivity index (χ4v) is 4.45.